The first-order valence-electron chi connectivity index (χ1n) is 17.1. The molecule has 0 spiro atoms. The lowest BCUT2D eigenvalue weighted by atomic mass is 9.90. The Hall–Kier alpha value is -4.98. The number of carbonyl (C=O) groups excluding carboxylic acids is 2. The Morgan fingerprint density at radius 3 is 2.63 bits per heavy atom. The molecule has 2 aliphatic rings. The standard InChI is InChI=1S/C39H40F2N6O4S/c1-7-33(48)46-19-21(2)47-30(22(46)3)18-29(44-47)37-35(34-28(41)16-26(40)17-32(34)51-12-11-50-6)38-27(10-13-52-38)36(43-37)24-9-8-23-15-31(39(49)42-4)45(5)20-25(23)14-24/h7-10,13-14,16-18,21-22,31H,1,11-12,15,19-20H2,2-6H3,(H,42,49)/t21-,22+,31-/m0/s1. The summed E-state index contributed by atoms with van der Waals surface area (Å²) in [4.78, 5) is 34.5. The maximum Gasteiger partial charge on any atom is 0.246 e. The molecule has 0 fully saturated rings. The lowest BCUT2D eigenvalue weighted by Gasteiger charge is -2.36. The van der Waals surface area contributed by atoms with Gasteiger partial charge in [-0.05, 0) is 68.1 Å². The quantitative estimate of drug-likeness (QED) is 0.136. The maximum atomic E-state index is 16.2. The van der Waals surface area contributed by atoms with E-state index in [-0.39, 0.29) is 54.5 Å². The van der Waals surface area contributed by atoms with Gasteiger partial charge in [-0.25, -0.2) is 13.8 Å². The van der Waals surface area contributed by atoms with Gasteiger partial charge in [-0.1, -0.05) is 18.7 Å². The van der Waals surface area contributed by atoms with Crippen LogP contribution in [-0.2, 0) is 27.3 Å². The molecule has 3 aromatic heterocycles. The first-order valence-corrected chi connectivity index (χ1v) is 18.0. The third-order valence-electron chi connectivity index (χ3n) is 10.1. The number of thiophene rings is 1. The predicted octanol–water partition coefficient (Wildman–Crippen LogP) is 6.55. The van der Waals surface area contributed by atoms with Gasteiger partial charge in [0.1, 0.15) is 35.4 Å². The molecule has 1 N–H and O–H groups in total. The van der Waals surface area contributed by atoms with Crippen LogP contribution in [0, 0.1) is 11.6 Å². The summed E-state index contributed by atoms with van der Waals surface area (Å²) in [5.74, 6) is -1.75. The van der Waals surface area contributed by atoms with Gasteiger partial charge >= 0.3 is 0 Å². The highest BCUT2D eigenvalue weighted by Crippen LogP contribution is 2.48. The summed E-state index contributed by atoms with van der Waals surface area (Å²) in [6.45, 7) is 8.91. The minimum Gasteiger partial charge on any atom is -0.490 e. The number of nitrogens with zero attached hydrogens (tertiary/aromatic N) is 5. The molecule has 10 nitrogen and oxygen atoms in total. The Balaban J connectivity index is 1.46. The van der Waals surface area contributed by atoms with Crippen molar-refractivity contribution in [3.05, 3.63) is 89.0 Å². The van der Waals surface area contributed by atoms with Gasteiger partial charge < -0.3 is 19.7 Å². The van der Waals surface area contributed by atoms with Crippen LogP contribution in [0.3, 0.4) is 0 Å². The smallest absolute Gasteiger partial charge is 0.246 e. The molecule has 0 saturated carbocycles. The highest BCUT2D eigenvalue weighted by Gasteiger charge is 2.34. The van der Waals surface area contributed by atoms with E-state index >= 15 is 4.39 Å². The molecular formula is C39H40F2N6O4S. The van der Waals surface area contributed by atoms with Crippen molar-refractivity contribution >= 4 is 33.2 Å². The van der Waals surface area contributed by atoms with Crippen LogP contribution >= 0.6 is 11.3 Å². The van der Waals surface area contributed by atoms with E-state index in [1.165, 1.54) is 30.6 Å². The van der Waals surface area contributed by atoms with Crippen LogP contribution in [0.15, 0.2) is 60.5 Å². The second-order valence-electron chi connectivity index (χ2n) is 13.3. The molecule has 2 aromatic carbocycles. The van der Waals surface area contributed by atoms with Crippen molar-refractivity contribution in [1.82, 2.24) is 29.9 Å². The second kappa shape index (κ2) is 14.2. The largest absolute Gasteiger partial charge is 0.490 e. The van der Waals surface area contributed by atoms with E-state index in [4.69, 9.17) is 19.6 Å². The SMILES string of the molecule is C=CC(=O)N1C[C@H](C)n2nc(-c3nc(-c4ccc5c(c4)CN(C)[C@H](C(=O)NC)C5)c4ccsc4c3-c3c(F)cc(F)cc3OCCOC)cc2[C@H]1C. The summed E-state index contributed by atoms with van der Waals surface area (Å²) < 4.78 is 44.8. The van der Waals surface area contributed by atoms with Gasteiger partial charge in [-0.15, -0.1) is 11.3 Å². The fraction of sp³-hybridized carbons (Fsp3) is 0.333. The van der Waals surface area contributed by atoms with Crippen LogP contribution < -0.4 is 10.1 Å². The number of ether oxygens (including phenoxy) is 2. The zero-order chi connectivity index (χ0) is 36.8. The predicted molar refractivity (Wildman–Crippen MR) is 197 cm³/mol. The number of hydrogen-bond donors (Lipinski definition) is 1. The van der Waals surface area contributed by atoms with Gasteiger partial charge in [0.05, 0.1) is 41.7 Å². The zero-order valence-electron chi connectivity index (χ0n) is 29.7. The number of nitrogens with one attached hydrogen (secondary N) is 1. The molecule has 270 valence electrons. The van der Waals surface area contributed by atoms with E-state index in [0.29, 0.717) is 42.2 Å². The second-order valence-corrected chi connectivity index (χ2v) is 14.2. The minimum atomic E-state index is -0.797. The highest BCUT2D eigenvalue weighted by molar-refractivity contribution is 7.18. The zero-order valence-corrected chi connectivity index (χ0v) is 30.5. The summed E-state index contributed by atoms with van der Waals surface area (Å²) in [5.41, 5.74) is 5.87. The van der Waals surface area contributed by atoms with Crippen molar-refractivity contribution in [3.63, 3.8) is 0 Å². The van der Waals surface area contributed by atoms with Crippen LogP contribution in [0.2, 0.25) is 0 Å². The molecule has 0 aliphatic carbocycles. The summed E-state index contributed by atoms with van der Waals surface area (Å²) in [5, 5.41) is 10.5. The van der Waals surface area contributed by atoms with Crippen LogP contribution in [-0.4, -0.2) is 83.4 Å². The number of carbonyl (C=O) groups is 2. The first-order chi connectivity index (χ1) is 25.0. The molecule has 0 saturated heterocycles. The molecule has 2 aliphatic heterocycles. The van der Waals surface area contributed by atoms with Crippen molar-refractivity contribution < 1.29 is 27.8 Å². The number of methoxy groups -OCH3 is 1. The molecule has 5 aromatic rings. The number of benzene rings is 2. The summed E-state index contributed by atoms with van der Waals surface area (Å²) in [6.07, 6.45) is 1.89. The van der Waals surface area contributed by atoms with Crippen molar-refractivity contribution in [2.75, 3.05) is 41.0 Å². The Labute approximate surface area is 304 Å². The minimum absolute atomic E-state index is 0.0241. The number of pyridine rings is 1. The third kappa shape index (κ3) is 6.16. The third-order valence-corrected chi connectivity index (χ3v) is 11.0. The van der Waals surface area contributed by atoms with E-state index in [9.17, 15) is 14.0 Å². The van der Waals surface area contributed by atoms with E-state index in [2.05, 4.69) is 18.0 Å². The van der Waals surface area contributed by atoms with E-state index in [0.717, 1.165) is 38.5 Å². The molecule has 3 atom stereocenters. The average molecular weight is 727 g/mol. The van der Waals surface area contributed by atoms with Crippen molar-refractivity contribution in [2.24, 2.45) is 0 Å². The number of hydrogen-bond acceptors (Lipinski definition) is 8. The van der Waals surface area contributed by atoms with Gasteiger partial charge in [-0.3, -0.25) is 19.2 Å². The summed E-state index contributed by atoms with van der Waals surface area (Å²) in [6, 6.07) is 11.3. The Morgan fingerprint density at radius 2 is 1.88 bits per heavy atom. The van der Waals surface area contributed by atoms with Crippen molar-refractivity contribution in [1.29, 1.82) is 0 Å². The molecule has 0 bridgehead atoms. The number of likely N-dealkylation sites (N-methyl/N-ethyl adjacent to an activating group) is 2. The number of halogens is 2. The van der Waals surface area contributed by atoms with Gasteiger partial charge in [0, 0.05) is 60.6 Å². The number of aromatic nitrogens is 3. The van der Waals surface area contributed by atoms with Gasteiger partial charge in [0.15, 0.2) is 0 Å². The molecule has 7 rings (SSSR count). The Morgan fingerprint density at radius 1 is 1.08 bits per heavy atom. The maximum absolute atomic E-state index is 16.2. The monoisotopic (exact) mass is 726 g/mol. The average Bonchev–Trinajstić information content (AvgIpc) is 3.81. The molecule has 13 heteroatoms. The van der Waals surface area contributed by atoms with E-state index in [1.807, 2.05) is 60.1 Å². The molecule has 0 unspecified atom stereocenters. The normalized spacial score (nSPS) is 18.6. The summed E-state index contributed by atoms with van der Waals surface area (Å²) >= 11 is 1.42. The van der Waals surface area contributed by atoms with E-state index in [1.54, 1.807) is 11.9 Å². The van der Waals surface area contributed by atoms with Gasteiger partial charge in [0.25, 0.3) is 0 Å². The van der Waals surface area contributed by atoms with Crippen LogP contribution in [0.4, 0.5) is 8.78 Å². The number of amides is 2. The lowest BCUT2D eigenvalue weighted by Crippen LogP contribution is -2.47. The highest BCUT2D eigenvalue weighted by atomic mass is 32.1. The Bertz CT molecular complexity index is 2220. The van der Waals surface area contributed by atoms with Crippen molar-refractivity contribution in [3.8, 4) is 39.5 Å². The van der Waals surface area contributed by atoms with Crippen LogP contribution in [0.1, 0.15) is 42.8 Å². The van der Waals surface area contributed by atoms with Gasteiger partial charge in [0.2, 0.25) is 11.8 Å². The van der Waals surface area contributed by atoms with Crippen LogP contribution in [0.25, 0.3) is 43.9 Å². The van der Waals surface area contributed by atoms with E-state index < -0.39 is 11.6 Å². The number of rotatable bonds is 9. The topological polar surface area (TPSA) is 102 Å². The first kappa shape index (κ1) is 35.4. The molecule has 0 radical (unpaired) electrons. The molecule has 5 heterocycles. The molecule has 2 amide bonds. The van der Waals surface area contributed by atoms with Crippen LogP contribution in [0.5, 0.6) is 5.75 Å². The number of fused-ring (bicyclic) bond motifs is 3. The summed E-state index contributed by atoms with van der Waals surface area (Å²) in [7, 11) is 5.11. The lowest BCUT2D eigenvalue weighted by molar-refractivity contribution is -0.129. The molecule has 52 heavy (non-hydrogen) atoms. The van der Waals surface area contributed by atoms with Gasteiger partial charge in [-0.2, -0.15) is 5.10 Å². The fourth-order valence-corrected chi connectivity index (χ4v) is 8.34. The Kier molecular flexibility index (Phi) is 9.68. The van der Waals surface area contributed by atoms with Crippen molar-refractivity contribution in [2.45, 2.75) is 44.9 Å². The molecular weight excluding hydrogens is 687 g/mol. The fourth-order valence-electron chi connectivity index (χ4n) is 7.39.